The number of aromatic nitrogens is 1. The molecule has 0 aliphatic heterocycles. The highest BCUT2D eigenvalue weighted by Crippen LogP contribution is 2.22. The maximum absolute atomic E-state index is 6.03. The van der Waals surface area contributed by atoms with Crippen LogP contribution in [0, 0.1) is 0 Å². The highest BCUT2D eigenvalue weighted by molar-refractivity contribution is 5.78. The molecule has 0 saturated heterocycles. The lowest BCUT2D eigenvalue weighted by Crippen LogP contribution is -2.51. The van der Waals surface area contributed by atoms with Gasteiger partial charge in [-0.25, -0.2) is 0 Å². The molecule has 0 aliphatic rings. The van der Waals surface area contributed by atoms with E-state index < -0.39 is 0 Å². The van der Waals surface area contributed by atoms with E-state index in [0.717, 1.165) is 37.1 Å². The van der Waals surface area contributed by atoms with Crippen LogP contribution >= 0.6 is 0 Å². The number of pyridine rings is 1. The zero-order valence-corrected chi connectivity index (χ0v) is 13.5. The van der Waals surface area contributed by atoms with Crippen molar-refractivity contribution in [2.75, 3.05) is 13.1 Å². The molecule has 1 atom stereocenters. The van der Waals surface area contributed by atoms with Gasteiger partial charge in [-0.2, -0.15) is 0 Å². The first kappa shape index (κ1) is 15.9. The van der Waals surface area contributed by atoms with Gasteiger partial charge in [0.1, 0.15) is 0 Å². The van der Waals surface area contributed by atoms with Crippen molar-refractivity contribution in [2.45, 2.75) is 45.7 Å². The molecule has 0 aliphatic carbocycles. The highest BCUT2D eigenvalue weighted by atomic mass is 15.2. The molecule has 0 spiro atoms. The van der Waals surface area contributed by atoms with E-state index in [1.807, 2.05) is 6.07 Å². The van der Waals surface area contributed by atoms with Crippen LogP contribution in [0.15, 0.2) is 36.4 Å². The summed E-state index contributed by atoms with van der Waals surface area (Å²) in [5.74, 6) is 0. The Hall–Kier alpha value is -1.45. The Bertz CT molecular complexity index is 575. The van der Waals surface area contributed by atoms with E-state index in [9.17, 15) is 0 Å². The molecule has 2 aromatic rings. The highest BCUT2D eigenvalue weighted by Gasteiger charge is 2.28. The molecular weight excluding hydrogens is 258 g/mol. The van der Waals surface area contributed by atoms with Crippen LogP contribution in [0.3, 0.4) is 0 Å². The molecule has 114 valence electrons. The second-order valence-electron chi connectivity index (χ2n) is 5.97. The van der Waals surface area contributed by atoms with E-state index in [2.05, 4.69) is 56.0 Å². The lowest BCUT2D eigenvalue weighted by atomic mass is 9.95. The topological polar surface area (TPSA) is 42.2 Å². The molecule has 0 bridgehead atoms. The maximum atomic E-state index is 6.03. The standard InChI is InChI=1S/C18H27N3/c1-4-12-21(18(3,5-2)14-19)13-16-11-10-15-8-6-7-9-17(15)20-16/h6-11H,4-5,12-14,19H2,1-3H3. The fraction of sp³-hybridized carbons (Fsp3) is 0.500. The van der Waals surface area contributed by atoms with Crippen LogP contribution in [0.5, 0.6) is 0 Å². The fourth-order valence-electron chi connectivity index (χ4n) is 2.70. The third kappa shape index (κ3) is 3.60. The molecule has 2 N–H and O–H groups in total. The molecule has 1 unspecified atom stereocenters. The van der Waals surface area contributed by atoms with Crippen molar-refractivity contribution in [1.82, 2.24) is 9.88 Å². The Balaban J connectivity index is 2.25. The molecule has 0 fully saturated rings. The zero-order chi connectivity index (χ0) is 15.3. The number of nitrogens with zero attached hydrogens (tertiary/aromatic N) is 2. The van der Waals surface area contributed by atoms with Crippen molar-refractivity contribution in [3.8, 4) is 0 Å². The first-order valence-electron chi connectivity index (χ1n) is 7.92. The average molecular weight is 285 g/mol. The first-order valence-corrected chi connectivity index (χ1v) is 7.92. The van der Waals surface area contributed by atoms with Gasteiger partial charge in [-0.15, -0.1) is 0 Å². The van der Waals surface area contributed by atoms with E-state index in [1.165, 1.54) is 5.39 Å². The smallest absolute Gasteiger partial charge is 0.0705 e. The molecule has 0 radical (unpaired) electrons. The molecule has 2 rings (SSSR count). The van der Waals surface area contributed by atoms with Gasteiger partial charge in [-0.1, -0.05) is 38.1 Å². The number of fused-ring (bicyclic) bond motifs is 1. The van der Waals surface area contributed by atoms with Gasteiger partial charge >= 0.3 is 0 Å². The third-order valence-corrected chi connectivity index (χ3v) is 4.47. The summed E-state index contributed by atoms with van der Waals surface area (Å²) in [4.78, 5) is 7.27. The predicted octanol–water partition coefficient (Wildman–Crippen LogP) is 3.57. The van der Waals surface area contributed by atoms with Gasteiger partial charge in [-0.05, 0) is 38.4 Å². The molecule has 0 saturated carbocycles. The number of nitrogens with two attached hydrogens (primary N) is 1. The largest absolute Gasteiger partial charge is 0.329 e. The molecule has 0 amide bonds. The van der Waals surface area contributed by atoms with Crippen LogP contribution in [0.2, 0.25) is 0 Å². The predicted molar refractivity (Wildman–Crippen MR) is 90.2 cm³/mol. The summed E-state index contributed by atoms with van der Waals surface area (Å²) in [5, 5.41) is 1.19. The third-order valence-electron chi connectivity index (χ3n) is 4.47. The Morgan fingerprint density at radius 3 is 2.57 bits per heavy atom. The van der Waals surface area contributed by atoms with Crippen LogP contribution in [0.4, 0.5) is 0 Å². The first-order chi connectivity index (χ1) is 10.1. The Kier molecular flexibility index (Phi) is 5.32. The molecule has 1 aromatic heterocycles. The number of hydrogen-bond acceptors (Lipinski definition) is 3. The van der Waals surface area contributed by atoms with Crippen molar-refractivity contribution >= 4 is 10.9 Å². The summed E-state index contributed by atoms with van der Waals surface area (Å²) in [6.45, 7) is 9.27. The molecular formula is C18H27N3. The normalized spacial score (nSPS) is 14.5. The van der Waals surface area contributed by atoms with E-state index in [1.54, 1.807) is 0 Å². The monoisotopic (exact) mass is 285 g/mol. The summed E-state index contributed by atoms with van der Waals surface area (Å²) >= 11 is 0. The molecule has 21 heavy (non-hydrogen) atoms. The fourth-order valence-corrected chi connectivity index (χ4v) is 2.70. The number of rotatable bonds is 7. The lowest BCUT2D eigenvalue weighted by molar-refractivity contribution is 0.0959. The average Bonchev–Trinajstić information content (AvgIpc) is 2.53. The lowest BCUT2D eigenvalue weighted by Gasteiger charge is -2.40. The van der Waals surface area contributed by atoms with Crippen molar-refractivity contribution in [1.29, 1.82) is 0 Å². The van der Waals surface area contributed by atoms with Gasteiger partial charge in [0.15, 0.2) is 0 Å². The maximum Gasteiger partial charge on any atom is 0.0705 e. The number of para-hydroxylation sites is 1. The van der Waals surface area contributed by atoms with Crippen molar-refractivity contribution in [3.05, 3.63) is 42.1 Å². The second-order valence-corrected chi connectivity index (χ2v) is 5.97. The minimum absolute atomic E-state index is 0.0450. The Morgan fingerprint density at radius 1 is 1.14 bits per heavy atom. The second kappa shape index (κ2) is 7.01. The van der Waals surface area contributed by atoms with Crippen LogP contribution in [-0.2, 0) is 6.54 Å². The van der Waals surface area contributed by atoms with Gasteiger partial charge in [-0.3, -0.25) is 9.88 Å². The van der Waals surface area contributed by atoms with Crippen LogP contribution in [0.1, 0.15) is 39.3 Å². The van der Waals surface area contributed by atoms with Gasteiger partial charge in [0.25, 0.3) is 0 Å². The van der Waals surface area contributed by atoms with Gasteiger partial charge < -0.3 is 5.73 Å². The molecule has 1 heterocycles. The summed E-state index contributed by atoms with van der Waals surface area (Å²) < 4.78 is 0. The van der Waals surface area contributed by atoms with E-state index in [-0.39, 0.29) is 5.54 Å². The number of hydrogen-bond donors (Lipinski definition) is 1. The number of benzene rings is 1. The van der Waals surface area contributed by atoms with Crippen molar-refractivity contribution in [3.63, 3.8) is 0 Å². The minimum atomic E-state index is 0.0450. The molecule has 1 aromatic carbocycles. The van der Waals surface area contributed by atoms with Crippen LogP contribution in [-0.4, -0.2) is 28.5 Å². The van der Waals surface area contributed by atoms with E-state index in [0.29, 0.717) is 6.54 Å². The van der Waals surface area contributed by atoms with Crippen LogP contribution in [0.25, 0.3) is 10.9 Å². The summed E-state index contributed by atoms with van der Waals surface area (Å²) in [7, 11) is 0. The van der Waals surface area contributed by atoms with E-state index >= 15 is 0 Å². The van der Waals surface area contributed by atoms with Crippen molar-refractivity contribution in [2.24, 2.45) is 5.73 Å². The summed E-state index contributed by atoms with van der Waals surface area (Å²) in [5.41, 5.74) is 8.26. The SMILES string of the molecule is CCCN(Cc1ccc2ccccc2n1)C(C)(CC)CN. The Labute approximate surface area is 128 Å². The summed E-state index contributed by atoms with van der Waals surface area (Å²) in [6.07, 6.45) is 2.18. The molecule has 3 nitrogen and oxygen atoms in total. The van der Waals surface area contributed by atoms with Crippen molar-refractivity contribution < 1.29 is 0 Å². The molecule has 3 heteroatoms. The van der Waals surface area contributed by atoms with E-state index in [4.69, 9.17) is 10.7 Å². The van der Waals surface area contributed by atoms with Gasteiger partial charge in [0.2, 0.25) is 0 Å². The van der Waals surface area contributed by atoms with Gasteiger partial charge in [0.05, 0.1) is 11.2 Å². The van der Waals surface area contributed by atoms with Crippen LogP contribution < -0.4 is 5.73 Å². The summed E-state index contributed by atoms with van der Waals surface area (Å²) in [6, 6.07) is 12.6. The zero-order valence-electron chi connectivity index (χ0n) is 13.5. The minimum Gasteiger partial charge on any atom is -0.329 e. The quantitative estimate of drug-likeness (QED) is 0.845. The Morgan fingerprint density at radius 2 is 1.90 bits per heavy atom. The van der Waals surface area contributed by atoms with Gasteiger partial charge in [0, 0.05) is 24.0 Å².